The Morgan fingerprint density at radius 3 is 2.43 bits per heavy atom. The summed E-state index contributed by atoms with van der Waals surface area (Å²) in [5.41, 5.74) is 1.35. The standard InChI is InChI=1S/C17H13FO3/c1-2-11-5-4-8-14(19)17(11)16-12(9-10-15(20)21)6-3-7-13(16)18/h2-10,19H,1H2,(H,20,21)/b10-9+. The first-order valence-electron chi connectivity index (χ1n) is 6.19. The highest BCUT2D eigenvalue weighted by molar-refractivity contribution is 5.90. The number of aromatic hydroxyl groups is 1. The van der Waals surface area contributed by atoms with E-state index in [9.17, 15) is 14.3 Å². The Bertz CT molecular complexity index is 733. The largest absolute Gasteiger partial charge is 0.507 e. The molecule has 0 bridgehead atoms. The first-order chi connectivity index (χ1) is 10.0. The molecule has 0 saturated heterocycles. The molecule has 0 spiro atoms. The minimum atomic E-state index is -1.13. The van der Waals surface area contributed by atoms with Crippen molar-refractivity contribution in [1.29, 1.82) is 0 Å². The van der Waals surface area contributed by atoms with Crippen LogP contribution in [0.25, 0.3) is 23.3 Å². The van der Waals surface area contributed by atoms with Crippen LogP contribution in [0, 0.1) is 5.82 Å². The molecule has 106 valence electrons. The Morgan fingerprint density at radius 1 is 1.10 bits per heavy atom. The summed E-state index contributed by atoms with van der Waals surface area (Å²) in [5.74, 6) is -1.78. The van der Waals surface area contributed by atoms with Crippen LogP contribution in [0.1, 0.15) is 11.1 Å². The number of aliphatic carboxylic acids is 1. The van der Waals surface area contributed by atoms with Crippen LogP contribution in [-0.2, 0) is 4.79 Å². The Kier molecular flexibility index (Phi) is 4.18. The van der Waals surface area contributed by atoms with Crippen molar-refractivity contribution in [3.8, 4) is 16.9 Å². The van der Waals surface area contributed by atoms with Gasteiger partial charge in [0.15, 0.2) is 0 Å². The third-order valence-corrected chi connectivity index (χ3v) is 3.00. The third kappa shape index (κ3) is 3.00. The second-order valence-corrected chi connectivity index (χ2v) is 4.32. The monoisotopic (exact) mass is 284 g/mol. The molecule has 0 aromatic heterocycles. The molecule has 3 nitrogen and oxygen atoms in total. The van der Waals surface area contributed by atoms with E-state index >= 15 is 0 Å². The number of phenolic OH excluding ortho intramolecular Hbond substituents is 1. The van der Waals surface area contributed by atoms with Gasteiger partial charge in [-0.25, -0.2) is 9.18 Å². The summed E-state index contributed by atoms with van der Waals surface area (Å²) in [6.07, 6.45) is 3.72. The van der Waals surface area contributed by atoms with E-state index < -0.39 is 11.8 Å². The number of carboxylic acids is 1. The van der Waals surface area contributed by atoms with Gasteiger partial charge in [-0.15, -0.1) is 0 Å². The van der Waals surface area contributed by atoms with Gasteiger partial charge in [0.1, 0.15) is 11.6 Å². The Labute approximate surface area is 121 Å². The minimum absolute atomic E-state index is 0.0949. The average molecular weight is 284 g/mol. The highest BCUT2D eigenvalue weighted by Gasteiger charge is 2.16. The van der Waals surface area contributed by atoms with E-state index in [1.54, 1.807) is 18.2 Å². The van der Waals surface area contributed by atoms with Gasteiger partial charge < -0.3 is 10.2 Å². The highest BCUT2D eigenvalue weighted by atomic mass is 19.1. The summed E-state index contributed by atoms with van der Waals surface area (Å²) >= 11 is 0. The SMILES string of the molecule is C=Cc1cccc(O)c1-c1c(F)cccc1/C=C/C(=O)O. The van der Waals surface area contributed by atoms with E-state index in [1.165, 1.54) is 30.4 Å². The lowest BCUT2D eigenvalue weighted by molar-refractivity contribution is -0.131. The maximum atomic E-state index is 14.2. The predicted octanol–water partition coefficient (Wildman–Crippen LogP) is 3.94. The number of hydrogen-bond acceptors (Lipinski definition) is 2. The summed E-state index contributed by atoms with van der Waals surface area (Å²) in [4.78, 5) is 10.6. The minimum Gasteiger partial charge on any atom is -0.507 e. The van der Waals surface area contributed by atoms with E-state index in [-0.39, 0.29) is 16.9 Å². The van der Waals surface area contributed by atoms with Gasteiger partial charge in [-0.2, -0.15) is 0 Å². The van der Waals surface area contributed by atoms with Gasteiger partial charge in [-0.05, 0) is 29.3 Å². The smallest absolute Gasteiger partial charge is 0.328 e. The van der Waals surface area contributed by atoms with Crippen molar-refractivity contribution in [2.75, 3.05) is 0 Å². The molecule has 0 aliphatic carbocycles. The van der Waals surface area contributed by atoms with Crippen molar-refractivity contribution in [1.82, 2.24) is 0 Å². The molecule has 0 atom stereocenters. The fourth-order valence-electron chi connectivity index (χ4n) is 2.10. The van der Waals surface area contributed by atoms with Gasteiger partial charge in [0, 0.05) is 17.2 Å². The topological polar surface area (TPSA) is 57.5 Å². The molecule has 0 saturated carbocycles. The van der Waals surface area contributed by atoms with Gasteiger partial charge in [-0.1, -0.05) is 36.9 Å². The number of halogens is 1. The number of hydrogen-bond donors (Lipinski definition) is 2. The molecule has 2 rings (SSSR count). The molecule has 0 fully saturated rings. The zero-order valence-corrected chi connectivity index (χ0v) is 11.1. The van der Waals surface area contributed by atoms with Crippen LogP contribution in [0.4, 0.5) is 4.39 Å². The first-order valence-corrected chi connectivity index (χ1v) is 6.19. The summed E-state index contributed by atoms with van der Waals surface area (Å²) in [6.45, 7) is 3.65. The van der Waals surface area contributed by atoms with Crippen molar-refractivity contribution < 1.29 is 19.4 Å². The van der Waals surface area contributed by atoms with Gasteiger partial charge in [0.2, 0.25) is 0 Å². The van der Waals surface area contributed by atoms with Crippen molar-refractivity contribution in [2.24, 2.45) is 0 Å². The molecule has 2 aromatic carbocycles. The quantitative estimate of drug-likeness (QED) is 0.836. The predicted molar refractivity (Wildman–Crippen MR) is 80.3 cm³/mol. The normalized spacial score (nSPS) is 10.7. The number of rotatable bonds is 4. The fourth-order valence-corrected chi connectivity index (χ4v) is 2.10. The van der Waals surface area contributed by atoms with Crippen molar-refractivity contribution in [2.45, 2.75) is 0 Å². The van der Waals surface area contributed by atoms with Gasteiger partial charge in [-0.3, -0.25) is 0 Å². The molecule has 0 aliphatic heterocycles. The average Bonchev–Trinajstić information content (AvgIpc) is 2.45. The summed E-state index contributed by atoms with van der Waals surface area (Å²) < 4.78 is 14.2. The number of carbonyl (C=O) groups is 1. The number of carboxylic acid groups (broad SMARTS) is 1. The lowest BCUT2D eigenvalue weighted by atomic mass is 9.93. The molecule has 0 aliphatic rings. The van der Waals surface area contributed by atoms with Crippen LogP contribution in [0.2, 0.25) is 0 Å². The van der Waals surface area contributed by atoms with Crippen LogP contribution in [0.5, 0.6) is 5.75 Å². The second-order valence-electron chi connectivity index (χ2n) is 4.32. The molecule has 4 heteroatoms. The molecule has 0 radical (unpaired) electrons. The Morgan fingerprint density at radius 2 is 1.76 bits per heavy atom. The molecule has 0 heterocycles. The first kappa shape index (κ1) is 14.5. The van der Waals surface area contributed by atoms with Gasteiger partial charge in [0.25, 0.3) is 0 Å². The lowest BCUT2D eigenvalue weighted by Gasteiger charge is -2.13. The third-order valence-electron chi connectivity index (χ3n) is 3.00. The molecule has 2 N–H and O–H groups in total. The molecule has 0 unspecified atom stereocenters. The lowest BCUT2D eigenvalue weighted by Crippen LogP contribution is -1.93. The van der Waals surface area contributed by atoms with Crippen LogP contribution >= 0.6 is 0 Å². The maximum absolute atomic E-state index is 14.2. The highest BCUT2D eigenvalue weighted by Crippen LogP contribution is 2.37. The van der Waals surface area contributed by atoms with Crippen molar-refractivity contribution >= 4 is 18.1 Å². The van der Waals surface area contributed by atoms with Crippen LogP contribution in [-0.4, -0.2) is 16.2 Å². The summed E-state index contributed by atoms with van der Waals surface area (Å²) in [7, 11) is 0. The molecule has 2 aromatic rings. The van der Waals surface area contributed by atoms with Crippen molar-refractivity contribution in [3.63, 3.8) is 0 Å². The van der Waals surface area contributed by atoms with Crippen molar-refractivity contribution in [3.05, 3.63) is 66.0 Å². The zero-order valence-electron chi connectivity index (χ0n) is 11.1. The molecule has 21 heavy (non-hydrogen) atoms. The van der Waals surface area contributed by atoms with Crippen LogP contribution < -0.4 is 0 Å². The van der Waals surface area contributed by atoms with E-state index in [4.69, 9.17) is 5.11 Å². The van der Waals surface area contributed by atoms with E-state index in [0.29, 0.717) is 11.1 Å². The number of phenols is 1. The number of benzene rings is 2. The van der Waals surface area contributed by atoms with E-state index in [0.717, 1.165) is 6.08 Å². The summed E-state index contributed by atoms with van der Waals surface area (Å²) in [5, 5.41) is 18.8. The van der Waals surface area contributed by atoms with Gasteiger partial charge in [0.05, 0.1) is 0 Å². The fraction of sp³-hybridized carbons (Fsp3) is 0. The van der Waals surface area contributed by atoms with Crippen LogP contribution in [0.3, 0.4) is 0 Å². The summed E-state index contributed by atoms with van der Waals surface area (Å²) in [6, 6.07) is 9.08. The molecule has 0 amide bonds. The Balaban J connectivity index is 2.75. The van der Waals surface area contributed by atoms with E-state index in [1.807, 2.05) is 0 Å². The second kappa shape index (κ2) is 6.05. The Hall–Kier alpha value is -2.88. The van der Waals surface area contributed by atoms with Gasteiger partial charge >= 0.3 is 5.97 Å². The molecular formula is C17H13FO3. The maximum Gasteiger partial charge on any atom is 0.328 e. The molecular weight excluding hydrogens is 271 g/mol. The zero-order chi connectivity index (χ0) is 15.4. The van der Waals surface area contributed by atoms with E-state index in [2.05, 4.69) is 6.58 Å². The van der Waals surface area contributed by atoms with Crippen LogP contribution in [0.15, 0.2) is 49.1 Å².